The molecule has 1 aromatic rings. The molecular weight excluding hydrogens is 310 g/mol. The molecule has 0 spiro atoms. The van der Waals surface area contributed by atoms with Gasteiger partial charge in [0.15, 0.2) is 0 Å². The van der Waals surface area contributed by atoms with Crippen LogP contribution in [0, 0.1) is 6.92 Å². The molecule has 19 heavy (non-hydrogen) atoms. The molecule has 0 aliphatic rings. The molecule has 1 rings (SSSR count). The van der Waals surface area contributed by atoms with Gasteiger partial charge < -0.3 is 15.5 Å². The fraction of sp³-hybridized carbons (Fsp3) is 0.385. The van der Waals surface area contributed by atoms with Gasteiger partial charge in [0, 0.05) is 17.6 Å². The molecule has 5 nitrogen and oxygen atoms in total. The Kier molecular flexibility index (Phi) is 5.98. The molecule has 0 aliphatic carbocycles. The molecule has 104 valence electrons. The number of benzene rings is 1. The first-order valence-corrected chi connectivity index (χ1v) is 6.69. The highest BCUT2D eigenvalue weighted by atomic mass is 79.9. The first-order chi connectivity index (χ1) is 8.90. The van der Waals surface area contributed by atoms with Crippen molar-refractivity contribution in [2.45, 2.75) is 6.92 Å². The van der Waals surface area contributed by atoms with Crippen LogP contribution in [-0.4, -0.2) is 43.9 Å². The Bertz CT molecular complexity index is 475. The van der Waals surface area contributed by atoms with E-state index in [0.717, 1.165) is 10.0 Å². The zero-order chi connectivity index (χ0) is 14.4. The molecule has 0 aromatic heterocycles. The van der Waals surface area contributed by atoms with Crippen molar-refractivity contribution in [2.24, 2.45) is 0 Å². The third kappa shape index (κ3) is 5.40. The second-order valence-corrected chi connectivity index (χ2v) is 5.35. The number of nitrogens with one attached hydrogen (secondary N) is 2. The molecule has 0 fully saturated rings. The smallest absolute Gasteiger partial charge is 0.313 e. The number of hydrogen-bond donors (Lipinski definition) is 2. The lowest BCUT2D eigenvalue weighted by atomic mass is 10.2. The number of anilines is 1. The van der Waals surface area contributed by atoms with Gasteiger partial charge in [-0.05, 0) is 54.6 Å². The van der Waals surface area contributed by atoms with Gasteiger partial charge in [-0.3, -0.25) is 9.59 Å². The van der Waals surface area contributed by atoms with Crippen LogP contribution in [0.3, 0.4) is 0 Å². The Morgan fingerprint density at radius 2 is 1.95 bits per heavy atom. The zero-order valence-corrected chi connectivity index (χ0v) is 12.9. The summed E-state index contributed by atoms with van der Waals surface area (Å²) in [6.45, 7) is 3.08. The number of carbonyl (C=O) groups is 2. The number of carbonyl (C=O) groups excluding carboxylic acids is 2. The molecule has 0 aliphatic heterocycles. The normalized spacial score (nSPS) is 10.4. The molecule has 0 saturated heterocycles. The minimum Gasteiger partial charge on any atom is -0.347 e. The summed E-state index contributed by atoms with van der Waals surface area (Å²) in [5, 5.41) is 5.12. The number of hydrogen-bond acceptors (Lipinski definition) is 3. The molecule has 2 N–H and O–H groups in total. The van der Waals surface area contributed by atoms with Gasteiger partial charge in [-0.15, -0.1) is 0 Å². The molecule has 6 heteroatoms. The van der Waals surface area contributed by atoms with Gasteiger partial charge in [-0.2, -0.15) is 0 Å². The van der Waals surface area contributed by atoms with Crippen LogP contribution in [0.2, 0.25) is 0 Å². The largest absolute Gasteiger partial charge is 0.347 e. The Morgan fingerprint density at radius 1 is 1.26 bits per heavy atom. The molecular formula is C13H18BrN3O2. The monoisotopic (exact) mass is 327 g/mol. The van der Waals surface area contributed by atoms with E-state index in [1.54, 1.807) is 6.07 Å². The standard InChI is InChI=1S/C13H18BrN3O2/c1-9-4-5-11(10(14)8-9)16-13(19)12(18)15-6-7-17(2)3/h4-5,8H,6-7H2,1-3H3,(H,15,18)(H,16,19). The Morgan fingerprint density at radius 3 is 2.53 bits per heavy atom. The third-order valence-corrected chi connectivity index (χ3v) is 3.08. The van der Waals surface area contributed by atoms with Crippen molar-refractivity contribution in [3.05, 3.63) is 28.2 Å². The maximum Gasteiger partial charge on any atom is 0.313 e. The fourth-order valence-electron chi connectivity index (χ4n) is 1.37. The van der Waals surface area contributed by atoms with E-state index in [1.165, 1.54) is 0 Å². The average molecular weight is 328 g/mol. The maximum atomic E-state index is 11.7. The predicted octanol–water partition coefficient (Wildman–Crippen LogP) is 1.37. The van der Waals surface area contributed by atoms with Crippen molar-refractivity contribution >= 4 is 33.4 Å². The summed E-state index contributed by atoms with van der Waals surface area (Å²) in [6, 6.07) is 5.49. The van der Waals surface area contributed by atoms with Gasteiger partial charge in [0.05, 0.1) is 5.69 Å². The summed E-state index contributed by atoms with van der Waals surface area (Å²) in [5.74, 6) is -1.29. The lowest BCUT2D eigenvalue weighted by molar-refractivity contribution is -0.136. The summed E-state index contributed by atoms with van der Waals surface area (Å²) in [7, 11) is 3.80. The van der Waals surface area contributed by atoms with Gasteiger partial charge in [-0.25, -0.2) is 0 Å². The summed E-state index contributed by atoms with van der Waals surface area (Å²) >= 11 is 3.34. The van der Waals surface area contributed by atoms with Crippen LogP contribution in [0.4, 0.5) is 5.69 Å². The first kappa shape index (κ1) is 15.7. The van der Waals surface area contributed by atoms with Gasteiger partial charge in [0.2, 0.25) is 0 Å². The highest BCUT2D eigenvalue weighted by Gasteiger charge is 2.14. The second kappa shape index (κ2) is 7.25. The lowest BCUT2D eigenvalue weighted by Gasteiger charge is -2.11. The van der Waals surface area contributed by atoms with Crippen molar-refractivity contribution in [1.29, 1.82) is 0 Å². The van der Waals surface area contributed by atoms with Crippen molar-refractivity contribution in [1.82, 2.24) is 10.2 Å². The number of nitrogens with zero attached hydrogens (tertiary/aromatic N) is 1. The van der Waals surface area contributed by atoms with E-state index in [4.69, 9.17) is 0 Å². The number of likely N-dealkylation sites (N-methyl/N-ethyl adjacent to an activating group) is 1. The molecule has 1 aromatic carbocycles. The minimum absolute atomic E-state index is 0.439. The highest BCUT2D eigenvalue weighted by Crippen LogP contribution is 2.23. The maximum absolute atomic E-state index is 11.7. The molecule has 0 atom stereocenters. The topological polar surface area (TPSA) is 61.4 Å². The molecule has 0 unspecified atom stereocenters. The fourth-order valence-corrected chi connectivity index (χ4v) is 1.97. The molecule has 0 heterocycles. The Labute approximate surface area is 121 Å². The van der Waals surface area contributed by atoms with Crippen LogP contribution in [0.25, 0.3) is 0 Å². The van der Waals surface area contributed by atoms with E-state index in [2.05, 4.69) is 26.6 Å². The predicted molar refractivity (Wildman–Crippen MR) is 79.1 cm³/mol. The molecule has 0 radical (unpaired) electrons. The number of amides is 2. The quantitative estimate of drug-likeness (QED) is 0.821. The van der Waals surface area contributed by atoms with Crippen LogP contribution < -0.4 is 10.6 Å². The van der Waals surface area contributed by atoms with Crippen molar-refractivity contribution in [2.75, 3.05) is 32.5 Å². The SMILES string of the molecule is Cc1ccc(NC(=O)C(=O)NCCN(C)C)c(Br)c1. The van der Waals surface area contributed by atoms with Crippen molar-refractivity contribution in [3.63, 3.8) is 0 Å². The van der Waals surface area contributed by atoms with Gasteiger partial charge in [0.1, 0.15) is 0 Å². The lowest BCUT2D eigenvalue weighted by Crippen LogP contribution is -2.38. The van der Waals surface area contributed by atoms with Gasteiger partial charge in [0.25, 0.3) is 0 Å². The van der Waals surface area contributed by atoms with E-state index in [-0.39, 0.29) is 0 Å². The average Bonchev–Trinajstić information content (AvgIpc) is 2.32. The van der Waals surface area contributed by atoms with Crippen LogP contribution in [0.5, 0.6) is 0 Å². The minimum atomic E-state index is -0.664. The van der Waals surface area contributed by atoms with E-state index in [1.807, 2.05) is 38.1 Å². The summed E-state index contributed by atoms with van der Waals surface area (Å²) in [6.07, 6.45) is 0. The van der Waals surface area contributed by atoms with Crippen LogP contribution >= 0.6 is 15.9 Å². The van der Waals surface area contributed by atoms with Crippen LogP contribution in [0.15, 0.2) is 22.7 Å². The van der Waals surface area contributed by atoms with E-state index >= 15 is 0 Å². The van der Waals surface area contributed by atoms with Crippen LogP contribution in [-0.2, 0) is 9.59 Å². The zero-order valence-electron chi connectivity index (χ0n) is 11.3. The van der Waals surface area contributed by atoms with Crippen molar-refractivity contribution < 1.29 is 9.59 Å². The number of halogens is 1. The molecule has 0 bridgehead atoms. The summed E-state index contributed by atoms with van der Waals surface area (Å²) in [4.78, 5) is 25.1. The van der Waals surface area contributed by atoms with Crippen molar-refractivity contribution in [3.8, 4) is 0 Å². The highest BCUT2D eigenvalue weighted by molar-refractivity contribution is 9.10. The molecule has 2 amide bonds. The molecule has 0 saturated carbocycles. The number of aryl methyl sites for hydroxylation is 1. The van der Waals surface area contributed by atoms with Gasteiger partial charge >= 0.3 is 11.8 Å². The van der Waals surface area contributed by atoms with E-state index < -0.39 is 11.8 Å². The van der Waals surface area contributed by atoms with Crippen LogP contribution in [0.1, 0.15) is 5.56 Å². The summed E-state index contributed by atoms with van der Waals surface area (Å²) < 4.78 is 0.752. The van der Waals surface area contributed by atoms with E-state index in [9.17, 15) is 9.59 Å². The summed E-state index contributed by atoms with van der Waals surface area (Å²) in [5.41, 5.74) is 1.65. The second-order valence-electron chi connectivity index (χ2n) is 4.50. The first-order valence-electron chi connectivity index (χ1n) is 5.90. The Hall–Kier alpha value is -1.40. The third-order valence-electron chi connectivity index (χ3n) is 2.42. The Balaban J connectivity index is 2.52. The van der Waals surface area contributed by atoms with Gasteiger partial charge in [-0.1, -0.05) is 6.07 Å². The number of rotatable bonds is 4. The van der Waals surface area contributed by atoms with E-state index in [0.29, 0.717) is 18.8 Å².